The molecule has 2 heterocycles. The minimum absolute atomic E-state index is 0.0418. The Morgan fingerprint density at radius 1 is 1.44 bits per heavy atom. The molecule has 0 saturated carbocycles. The Balaban J connectivity index is 2.10. The first-order chi connectivity index (χ1) is 7.44. The SMILES string of the molecule is CC(C)CCN1C(=O)C2CNCC2C1(C)C. The molecule has 0 aliphatic carbocycles. The zero-order valence-electron chi connectivity index (χ0n) is 10.9. The van der Waals surface area contributed by atoms with Crippen molar-refractivity contribution in [2.75, 3.05) is 19.6 Å². The van der Waals surface area contributed by atoms with Gasteiger partial charge in [-0.25, -0.2) is 0 Å². The minimum Gasteiger partial charge on any atom is -0.337 e. The topological polar surface area (TPSA) is 32.3 Å². The van der Waals surface area contributed by atoms with Gasteiger partial charge in [-0.1, -0.05) is 13.8 Å². The first-order valence-corrected chi connectivity index (χ1v) is 6.46. The zero-order chi connectivity index (χ0) is 11.9. The maximum atomic E-state index is 12.3. The molecule has 2 rings (SSSR count). The van der Waals surface area contributed by atoms with Gasteiger partial charge in [0.25, 0.3) is 0 Å². The molecule has 1 amide bonds. The molecule has 92 valence electrons. The molecule has 2 unspecified atom stereocenters. The lowest BCUT2D eigenvalue weighted by atomic mass is 9.84. The first-order valence-electron chi connectivity index (χ1n) is 6.46. The summed E-state index contributed by atoms with van der Waals surface area (Å²) < 4.78 is 0. The lowest BCUT2D eigenvalue weighted by Crippen LogP contribution is -2.46. The lowest BCUT2D eigenvalue weighted by molar-refractivity contribution is -0.133. The highest BCUT2D eigenvalue weighted by Gasteiger charge is 2.54. The van der Waals surface area contributed by atoms with Crippen LogP contribution in [0.15, 0.2) is 0 Å². The molecule has 1 N–H and O–H groups in total. The summed E-state index contributed by atoms with van der Waals surface area (Å²) in [4.78, 5) is 14.4. The van der Waals surface area contributed by atoms with E-state index in [0.29, 0.717) is 17.7 Å². The Labute approximate surface area is 98.6 Å². The number of likely N-dealkylation sites (tertiary alicyclic amines) is 1. The first kappa shape index (κ1) is 11.9. The van der Waals surface area contributed by atoms with E-state index < -0.39 is 0 Å². The van der Waals surface area contributed by atoms with Crippen LogP contribution in [0.25, 0.3) is 0 Å². The van der Waals surface area contributed by atoms with E-state index in [9.17, 15) is 4.79 Å². The third kappa shape index (κ3) is 1.75. The number of hydrogen-bond donors (Lipinski definition) is 1. The molecule has 3 nitrogen and oxygen atoms in total. The third-order valence-electron chi connectivity index (χ3n) is 4.33. The smallest absolute Gasteiger partial charge is 0.227 e. The van der Waals surface area contributed by atoms with Gasteiger partial charge in [0.15, 0.2) is 0 Å². The zero-order valence-corrected chi connectivity index (χ0v) is 10.9. The molecule has 0 bridgehead atoms. The van der Waals surface area contributed by atoms with Crippen LogP contribution in [0, 0.1) is 17.8 Å². The molecule has 0 spiro atoms. The van der Waals surface area contributed by atoms with Gasteiger partial charge in [0.2, 0.25) is 5.91 Å². The Morgan fingerprint density at radius 3 is 2.69 bits per heavy atom. The third-order valence-corrected chi connectivity index (χ3v) is 4.33. The summed E-state index contributed by atoms with van der Waals surface area (Å²) >= 11 is 0. The highest BCUT2D eigenvalue weighted by Crippen LogP contribution is 2.41. The van der Waals surface area contributed by atoms with Gasteiger partial charge in [-0.05, 0) is 26.2 Å². The fourth-order valence-electron chi connectivity index (χ4n) is 3.15. The largest absolute Gasteiger partial charge is 0.337 e. The maximum absolute atomic E-state index is 12.3. The van der Waals surface area contributed by atoms with Crippen LogP contribution in [-0.4, -0.2) is 36.0 Å². The van der Waals surface area contributed by atoms with E-state index in [1.54, 1.807) is 0 Å². The summed E-state index contributed by atoms with van der Waals surface area (Å²) in [5, 5.41) is 3.35. The van der Waals surface area contributed by atoms with Crippen molar-refractivity contribution in [1.29, 1.82) is 0 Å². The van der Waals surface area contributed by atoms with Crippen LogP contribution in [0.1, 0.15) is 34.1 Å². The van der Waals surface area contributed by atoms with Gasteiger partial charge in [-0.3, -0.25) is 4.79 Å². The van der Waals surface area contributed by atoms with Gasteiger partial charge in [0.1, 0.15) is 0 Å². The van der Waals surface area contributed by atoms with Crippen LogP contribution < -0.4 is 5.32 Å². The number of carbonyl (C=O) groups excluding carboxylic acids is 1. The summed E-state index contributed by atoms with van der Waals surface area (Å²) in [6.45, 7) is 11.7. The van der Waals surface area contributed by atoms with E-state index in [4.69, 9.17) is 0 Å². The molecule has 0 aromatic rings. The van der Waals surface area contributed by atoms with Gasteiger partial charge in [-0.2, -0.15) is 0 Å². The average molecular weight is 224 g/mol. The quantitative estimate of drug-likeness (QED) is 0.787. The summed E-state index contributed by atoms with van der Waals surface area (Å²) in [7, 11) is 0. The summed E-state index contributed by atoms with van der Waals surface area (Å²) in [5.41, 5.74) is 0.0418. The summed E-state index contributed by atoms with van der Waals surface area (Å²) in [5.74, 6) is 1.79. The highest BCUT2D eigenvalue weighted by atomic mass is 16.2. The monoisotopic (exact) mass is 224 g/mol. The molecule has 0 aromatic heterocycles. The molecule has 3 heteroatoms. The van der Waals surface area contributed by atoms with Gasteiger partial charge in [0.05, 0.1) is 5.92 Å². The average Bonchev–Trinajstić information content (AvgIpc) is 2.70. The van der Waals surface area contributed by atoms with Gasteiger partial charge in [0, 0.05) is 31.1 Å². The predicted molar refractivity (Wildman–Crippen MR) is 65.1 cm³/mol. The number of carbonyl (C=O) groups is 1. The maximum Gasteiger partial charge on any atom is 0.227 e. The van der Waals surface area contributed by atoms with Gasteiger partial charge >= 0.3 is 0 Å². The number of rotatable bonds is 3. The molecule has 16 heavy (non-hydrogen) atoms. The van der Waals surface area contributed by atoms with Crippen LogP contribution in [0.2, 0.25) is 0 Å². The van der Waals surface area contributed by atoms with E-state index in [-0.39, 0.29) is 11.5 Å². The van der Waals surface area contributed by atoms with E-state index in [2.05, 4.69) is 37.9 Å². The van der Waals surface area contributed by atoms with Crippen molar-refractivity contribution in [2.45, 2.75) is 39.7 Å². The molecule has 0 aromatic carbocycles. The van der Waals surface area contributed by atoms with Crippen LogP contribution in [0.3, 0.4) is 0 Å². The molecule has 2 atom stereocenters. The highest BCUT2D eigenvalue weighted by molar-refractivity contribution is 5.83. The predicted octanol–water partition coefficient (Wildman–Crippen LogP) is 1.49. The van der Waals surface area contributed by atoms with Crippen molar-refractivity contribution in [3.8, 4) is 0 Å². The summed E-state index contributed by atoms with van der Waals surface area (Å²) in [6.07, 6.45) is 1.11. The number of amides is 1. The van der Waals surface area contributed by atoms with Crippen molar-refractivity contribution < 1.29 is 4.79 Å². The second-order valence-corrected chi connectivity index (χ2v) is 6.20. The van der Waals surface area contributed by atoms with Crippen LogP contribution >= 0.6 is 0 Å². The number of nitrogens with one attached hydrogen (secondary N) is 1. The Kier molecular flexibility index (Phi) is 2.99. The molecule has 2 aliphatic rings. The second kappa shape index (κ2) is 4.02. The van der Waals surface area contributed by atoms with Crippen LogP contribution in [0.5, 0.6) is 0 Å². The molecule has 2 aliphatic heterocycles. The molecule has 2 saturated heterocycles. The van der Waals surface area contributed by atoms with Gasteiger partial charge < -0.3 is 10.2 Å². The summed E-state index contributed by atoms with van der Waals surface area (Å²) in [6, 6.07) is 0. The standard InChI is InChI=1S/C13H24N2O/c1-9(2)5-6-15-12(16)10-7-14-8-11(10)13(15,3)4/h9-11,14H,5-8H2,1-4H3. The normalized spacial score (nSPS) is 32.6. The van der Waals surface area contributed by atoms with Gasteiger partial charge in [-0.15, -0.1) is 0 Å². The van der Waals surface area contributed by atoms with E-state index in [1.807, 2.05) is 0 Å². The number of hydrogen-bond acceptors (Lipinski definition) is 2. The van der Waals surface area contributed by atoms with E-state index in [0.717, 1.165) is 26.1 Å². The Morgan fingerprint density at radius 2 is 2.12 bits per heavy atom. The Hall–Kier alpha value is -0.570. The molecule has 0 radical (unpaired) electrons. The van der Waals surface area contributed by atoms with Crippen molar-refractivity contribution in [1.82, 2.24) is 10.2 Å². The molecular formula is C13H24N2O. The van der Waals surface area contributed by atoms with Crippen LogP contribution in [-0.2, 0) is 4.79 Å². The van der Waals surface area contributed by atoms with E-state index in [1.165, 1.54) is 0 Å². The van der Waals surface area contributed by atoms with E-state index >= 15 is 0 Å². The van der Waals surface area contributed by atoms with Crippen molar-refractivity contribution in [3.63, 3.8) is 0 Å². The fourth-order valence-corrected chi connectivity index (χ4v) is 3.15. The second-order valence-electron chi connectivity index (χ2n) is 6.20. The number of fused-ring (bicyclic) bond motifs is 1. The fraction of sp³-hybridized carbons (Fsp3) is 0.923. The Bertz CT molecular complexity index is 286. The molecular weight excluding hydrogens is 200 g/mol. The van der Waals surface area contributed by atoms with Crippen molar-refractivity contribution in [3.05, 3.63) is 0 Å². The molecule has 2 fully saturated rings. The lowest BCUT2D eigenvalue weighted by Gasteiger charge is -2.36. The van der Waals surface area contributed by atoms with Crippen LogP contribution in [0.4, 0.5) is 0 Å². The number of nitrogens with zero attached hydrogens (tertiary/aromatic N) is 1. The van der Waals surface area contributed by atoms with Crippen molar-refractivity contribution >= 4 is 5.91 Å². The minimum atomic E-state index is 0.0418. The van der Waals surface area contributed by atoms with Crippen molar-refractivity contribution in [2.24, 2.45) is 17.8 Å².